The van der Waals surface area contributed by atoms with Crippen LogP contribution in [-0.2, 0) is 0 Å². The summed E-state index contributed by atoms with van der Waals surface area (Å²) >= 11 is 6.12. The lowest BCUT2D eigenvalue weighted by Crippen LogP contribution is -2.06. The molecular formula is C18H13ClO3. The Bertz CT molecular complexity index is 803. The second-order valence-electron chi connectivity index (χ2n) is 4.85. The maximum atomic E-state index is 12.1. The smallest absolute Gasteiger partial charge is 0.379 e. The molecule has 1 heterocycles. The standard InChI is InChI=1S/C18H13ClO3/c1-12-6-8-13(9-7-12)21-18(20)17-11-10-16(22-17)14-4-2-3-5-15(14)19/h2-11H,1H3. The molecule has 0 aliphatic heterocycles. The third-order valence-corrected chi connectivity index (χ3v) is 3.51. The highest BCUT2D eigenvalue weighted by atomic mass is 35.5. The van der Waals surface area contributed by atoms with Crippen LogP contribution in [0.2, 0.25) is 5.02 Å². The predicted molar refractivity (Wildman–Crippen MR) is 85.3 cm³/mol. The number of ether oxygens (including phenoxy) is 1. The number of carbonyl (C=O) groups is 1. The van der Waals surface area contributed by atoms with Crippen LogP contribution in [0.25, 0.3) is 11.3 Å². The van der Waals surface area contributed by atoms with E-state index in [9.17, 15) is 4.79 Å². The number of carbonyl (C=O) groups excluding carboxylic acids is 1. The Kier molecular flexibility index (Phi) is 3.98. The second kappa shape index (κ2) is 6.08. The van der Waals surface area contributed by atoms with Crippen molar-refractivity contribution in [2.24, 2.45) is 0 Å². The summed E-state index contributed by atoms with van der Waals surface area (Å²) in [6, 6.07) is 17.8. The van der Waals surface area contributed by atoms with Crippen LogP contribution in [0.1, 0.15) is 16.1 Å². The second-order valence-corrected chi connectivity index (χ2v) is 5.25. The number of hydrogen-bond acceptors (Lipinski definition) is 3. The van der Waals surface area contributed by atoms with E-state index in [1.807, 2.05) is 37.3 Å². The Balaban J connectivity index is 1.80. The topological polar surface area (TPSA) is 39.4 Å². The van der Waals surface area contributed by atoms with Crippen molar-refractivity contribution in [3.63, 3.8) is 0 Å². The van der Waals surface area contributed by atoms with E-state index in [0.717, 1.165) is 11.1 Å². The molecule has 3 nitrogen and oxygen atoms in total. The molecule has 0 unspecified atom stereocenters. The third-order valence-electron chi connectivity index (χ3n) is 3.18. The number of esters is 1. The fourth-order valence-electron chi connectivity index (χ4n) is 2.02. The number of benzene rings is 2. The Morgan fingerprint density at radius 3 is 2.45 bits per heavy atom. The van der Waals surface area contributed by atoms with Gasteiger partial charge in [-0.15, -0.1) is 0 Å². The number of aryl methyl sites for hydroxylation is 1. The van der Waals surface area contributed by atoms with Crippen LogP contribution in [0.3, 0.4) is 0 Å². The number of hydrogen-bond donors (Lipinski definition) is 0. The minimum Gasteiger partial charge on any atom is -0.449 e. The van der Waals surface area contributed by atoms with Crippen molar-refractivity contribution in [3.05, 3.63) is 77.0 Å². The van der Waals surface area contributed by atoms with Gasteiger partial charge in [-0.3, -0.25) is 0 Å². The average molecular weight is 313 g/mol. The molecule has 2 aromatic carbocycles. The summed E-state index contributed by atoms with van der Waals surface area (Å²) < 4.78 is 10.8. The zero-order valence-corrected chi connectivity index (χ0v) is 12.6. The number of halogens is 1. The van der Waals surface area contributed by atoms with E-state index in [0.29, 0.717) is 16.5 Å². The van der Waals surface area contributed by atoms with Crippen molar-refractivity contribution in [2.75, 3.05) is 0 Å². The summed E-state index contributed by atoms with van der Waals surface area (Å²) in [6.45, 7) is 1.97. The van der Waals surface area contributed by atoms with Gasteiger partial charge in [-0.1, -0.05) is 41.4 Å². The van der Waals surface area contributed by atoms with Crippen LogP contribution < -0.4 is 4.74 Å². The lowest BCUT2D eigenvalue weighted by Gasteiger charge is -2.03. The monoisotopic (exact) mass is 312 g/mol. The zero-order valence-electron chi connectivity index (χ0n) is 11.9. The largest absolute Gasteiger partial charge is 0.449 e. The summed E-state index contributed by atoms with van der Waals surface area (Å²) in [5, 5.41) is 0.565. The van der Waals surface area contributed by atoms with Crippen LogP contribution in [-0.4, -0.2) is 5.97 Å². The van der Waals surface area contributed by atoms with E-state index < -0.39 is 5.97 Å². The normalized spacial score (nSPS) is 10.5. The fraction of sp³-hybridized carbons (Fsp3) is 0.0556. The van der Waals surface area contributed by atoms with E-state index in [-0.39, 0.29) is 5.76 Å². The Morgan fingerprint density at radius 2 is 1.73 bits per heavy atom. The van der Waals surface area contributed by atoms with Crippen molar-refractivity contribution in [3.8, 4) is 17.1 Å². The first-order valence-electron chi connectivity index (χ1n) is 6.77. The van der Waals surface area contributed by atoms with Gasteiger partial charge in [0.1, 0.15) is 11.5 Å². The minimum atomic E-state index is -0.540. The van der Waals surface area contributed by atoms with Gasteiger partial charge in [0.15, 0.2) is 0 Å². The third kappa shape index (κ3) is 3.05. The molecule has 110 valence electrons. The molecule has 0 saturated heterocycles. The van der Waals surface area contributed by atoms with Crippen LogP contribution in [0.15, 0.2) is 65.1 Å². The van der Waals surface area contributed by atoms with Gasteiger partial charge in [0.25, 0.3) is 0 Å². The van der Waals surface area contributed by atoms with Gasteiger partial charge in [-0.2, -0.15) is 0 Å². The Labute approximate surface area is 133 Å². The van der Waals surface area contributed by atoms with Gasteiger partial charge in [0.2, 0.25) is 5.76 Å². The molecule has 0 aliphatic carbocycles. The van der Waals surface area contributed by atoms with E-state index >= 15 is 0 Å². The van der Waals surface area contributed by atoms with Crippen molar-refractivity contribution < 1.29 is 13.9 Å². The highest BCUT2D eigenvalue weighted by Crippen LogP contribution is 2.29. The summed E-state index contributed by atoms with van der Waals surface area (Å²) in [7, 11) is 0. The molecule has 0 aliphatic rings. The van der Waals surface area contributed by atoms with Gasteiger partial charge in [0, 0.05) is 5.56 Å². The van der Waals surface area contributed by atoms with E-state index in [4.69, 9.17) is 20.8 Å². The zero-order chi connectivity index (χ0) is 15.5. The summed E-state index contributed by atoms with van der Waals surface area (Å²) in [5.41, 5.74) is 1.83. The lowest BCUT2D eigenvalue weighted by molar-refractivity contribution is 0.0702. The highest BCUT2D eigenvalue weighted by molar-refractivity contribution is 6.33. The van der Waals surface area contributed by atoms with Crippen LogP contribution in [0, 0.1) is 6.92 Å². The Hall–Kier alpha value is -2.52. The fourth-order valence-corrected chi connectivity index (χ4v) is 2.25. The molecule has 1 aromatic heterocycles. The van der Waals surface area contributed by atoms with Crippen LogP contribution in [0.5, 0.6) is 5.75 Å². The minimum absolute atomic E-state index is 0.135. The van der Waals surface area contributed by atoms with Gasteiger partial charge < -0.3 is 9.15 Å². The molecule has 0 atom stereocenters. The number of furan rings is 1. The molecule has 3 aromatic rings. The molecular weight excluding hydrogens is 300 g/mol. The van der Waals surface area contributed by atoms with Crippen molar-refractivity contribution >= 4 is 17.6 Å². The highest BCUT2D eigenvalue weighted by Gasteiger charge is 2.15. The predicted octanol–water partition coefficient (Wildman–Crippen LogP) is 5.13. The van der Waals surface area contributed by atoms with E-state index in [2.05, 4.69) is 0 Å². The molecule has 0 bridgehead atoms. The molecule has 0 fully saturated rings. The quantitative estimate of drug-likeness (QED) is 0.497. The van der Waals surface area contributed by atoms with E-state index in [1.165, 1.54) is 0 Å². The van der Waals surface area contributed by atoms with Crippen molar-refractivity contribution in [1.29, 1.82) is 0 Å². The summed E-state index contributed by atoms with van der Waals surface area (Å²) in [5.74, 6) is 0.602. The molecule has 0 amide bonds. The molecule has 3 rings (SSSR count). The Morgan fingerprint density at radius 1 is 1.00 bits per heavy atom. The first kappa shape index (κ1) is 14.4. The van der Waals surface area contributed by atoms with Gasteiger partial charge >= 0.3 is 5.97 Å². The molecule has 0 saturated carbocycles. The molecule has 4 heteroatoms. The van der Waals surface area contributed by atoms with Crippen molar-refractivity contribution in [1.82, 2.24) is 0 Å². The summed E-state index contributed by atoms with van der Waals surface area (Å²) in [4.78, 5) is 12.1. The number of rotatable bonds is 3. The SMILES string of the molecule is Cc1ccc(OC(=O)c2ccc(-c3ccccc3Cl)o2)cc1. The summed E-state index contributed by atoms with van der Waals surface area (Å²) in [6.07, 6.45) is 0. The first-order chi connectivity index (χ1) is 10.6. The lowest BCUT2D eigenvalue weighted by atomic mass is 10.2. The van der Waals surface area contributed by atoms with Crippen LogP contribution in [0.4, 0.5) is 0 Å². The van der Waals surface area contributed by atoms with E-state index in [1.54, 1.807) is 30.3 Å². The maximum Gasteiger partial charge on any atom is 0.379 e. The van der Waals surface area contributed by atoms with Crippen molar-refractivity contribution in [2.45, 2.75) is 6.92 Å². The van der Waals surface area contributed by atoms with Crippen LogP contribution >= 0.6 is 11.6 Å². The van der Waals surface area contributed by atoms with Gasteiger partial charge in [-0.05, 0) is 43.3 Å². The molecule has 22 heavy (non-hydrogen) atoms. The average Bonchev–Trinajstić information content (AvgIpc) is 3.00. The van der Waals surface area contributed by atoms with Gasteiger partial charge in [0.05, 0.1) is 5.02 Å². The first-order valence-corrected chi connectivity index (χ1v) is 7.15. The maximum absolute atomic E-state index is 12.1. The molecule has 0 radical (unpaired) electrons. The van der Waals surface area contributed by atoms with Gasteiger partial charge in [-0.25, -0.2) is 4.79 Å². The molecule has 0 spiro atoms. The molecule has 0 N–H and O–H groups in total.